The van der Waals surface area contributed by atoms with Gasteiger partial charge >= 0.3 is 0 Å². The number of hydrogen-bond acceptors (Lipinski definition) is 5. The molecule has 0 N–H and O–H groups in total. The smallest absolute Gasteiger partial charge is 0.264 e. The van der Waals surface area contributed by atoms with E-state index in [1.165, 1.54) is 0 Å². The van der Waals surface area contributed by atoms with Crippen molar-refractivity contribution in [1.82, 2.24) is 0 Å². The molecule has 1 rings (SSSR count). The molecule has 0 unspecified atom stereocenters. The first kappa shape index (κ1) is 13.6. The van der Waals surface area contributed by atoms with Gasteiger partial charge in [0.05, 0.1) is 12.4 Å². The molecule has 0 spiro atoms. The van der Waals surface area contributed by atoms with E-state index in [9.17, 15) is 8.42 Å². The Labute approximate surface area is 98.1 Å². The van der Waals surface area contributed by atoms with E-state index in [0.29, 0.717) is 12.8 Å². The molecule has 1 aliphatic carbocycles. The van der Waals surface area contributed by atoms with E-state index in [-0.39, 0.29) is 13.1 Å². The Kier molecular flexibility index (Phi) is 4.19. The number of nitrogens with zero attached hydrogens (tertiary/aromatic N) is 6. The summed E-state index contributed by atoms with van der Waals surface area (Å²) in [7, 11) is -3.48. The van der Waals surface area contributed by atoms with Crippen LogP contribution in [0.4, 0.5) is 0 Å². The minimum absolute atomic E-state index is 0.173. The lowest BCUT2D eigenvalue weighted by atomic mass is 9.67. The fraction of sp³-hybridized carbons (Fsp3) is 1.00. The summed E-state index contributed by atoms with van der Waals surface area (Å²) in [5, 5.41) is 6.88. The largest absolute Gasteiger partial charge is 0.267 e. The van der Waals surface area contributed by atoms with Gasteiger partial charge in [0.2, 0.25) is 0 Å². The summed E-state index contributed by atoms with van der Waals surface area (Å²) in [5.74, 6) is 0. The van der Waals surface area contributed by atoms with Gasteiger partial charge in [0, 0.05) is 22.9 Å². The molecule has 1 aliphatic rings. The van der Waals surface area contributed by atoms with E-state index in [1.807, 2.05) is 0 Å². The molecule has 9 nitrogen and oxygen atoms in total. The minimum Gasteiger partial charge on any atom is -0.267 e. The molecule has 17 heavy (non-hydrogen) atoms. The summed E-state index contributed by atoms with van der Waals surface area (Å²) in [6.45, 7) is 0.346. The molecule has 1 fully saturated rings. The van der Waals surface area contributed by atoms with Crippen LogP contribution in [0.2, 0.25) is 0 Å². The molecule has 10 heteroatoms. The molecular formula is C7H12N6O3S. The quantitative estimate of drug-likeness (QED) is 0.310. The number of rotatable bonds is 6. The Hall–Kier alpha value is -1.47. The average Bonchev–Trinajstić information content (AvgIpc) is 2.17. The highest BCUT2D eigenvalue weighted by atomic mass is 32.2. The van der Waals surface area contributed by atoms with Crippen molar-refractivity contribution in [3.63, 3.8) is 0 Å². The zero-order valence-electron chi connectivity index (χ0n) is 9.22. The van der Waals surface area contributed by atoms with E-state index in [0.717, 1.165) is 6.26 Å². The van der Waals surface area contributed by atoms with Gasteiger partial charge in [0.1, 0.15) is 0 Å². The summed E-state index contributed by atoms with van der Waals surface area (Å²) in [5.41, 5.74) is 16.0. The number of hydrogen-bond donors (Lipinski definition) is 0. The van der Waals surface area contributed by atoms with Gasteiger partial charge in [0.15, 0.2) is 0 Å². The minimum atomic E-state index is -3.48. The molecule has 0 amide bonds. The van der Waals surface area contributed by atoms with Crippen molar-refractivity contribution in [3.8, 4) is 0 Å². The molecule has 1 saturated carbocycles. The van der Waals surface area contributed by atoms with Gasteiger partial charge in [-0.15, -0.1) is 0 Å². The van der Waals surface area contributed by atoms with Crippen LogP contribution in [0.5, 0.6) is 0 Å². The molecule has 0 aliphatic heterocycles. The molecule has 0 saturated heterocycles. The lowest BCUT2D eigenvalue weighted by molar-refractivity contribution is 0.00227. The second kappa shape index (κ2) is 5.24. The van der Waals surface area contributed by atoms with Crippen molar-refractivity contribution in [3.05, 3.63) is 20.9 Å². The Morgan fingerprint density at radius 2 is 1.76 bits per heavy atom. The van der Waals surface area contributed by atoms with Crippen LogP contribution in [-0.4, -0.2) is 33.9 Å². The van der Waals surface area contributed by atoms with Crippen LogP contribution in [0.1, 0.15) is 12.8 Å². The highest BCUT2D eigenvalue weighted by Gasteiger charge is 2.45. The van der Waals surface area contributed by atoms with Gasteiger partial charge in [-0.25, -0.2) is 0 Å². The van der Waals surface area contributed by atoms with E-state index in [2.05, 4.69) is 20.1 Å². The highest BCUT2D eigenvalue weighted by molar-refractivity contribution is 7.86. The van der Waals surface area contributed by atoms with Crippen molar-refractivity contribution in [1.29, 1.82) is 0 Å². The molecule has 0 bridgehead atoms. The lowest BCUT2D eigenvalue weighted by Crippen LogP contribution is -2.47. The maximum atomic E-state index is 10.9. The fourth-order valence-electron chi connectivity index (χ4n) is 1.89. The standard InChI is InChI=1S/C7H12N6O3S/c1-17(14,15)16-6-2-7(3-6,4-10-12-8)5-11-13-9/h6H,2-5H2,1H3. The van der Waals surface area contributed by atoms with Crippen LogP contribution >= 0.6 is 0 Å². The molecular weight excluding hydrogens is 248 g/mol. The second-order valence-electron chi connectivity index (χ2n) is 4.11. The zero-order chi connectivity index (χ0) is 12.9. The normalized spacial score (nSPS) is 27.5. The van der Waals surface area contributed by atoms with Gasteiger partial charge in [-0.3, -0.25) is 4.18 Å². The highest BCUT2D eigenvalue weighted by Crippen LogP contribution is 2.44. The zero-order valence-corrected chi connectivity index (χ0v) is 10.0. The Balaban J connectivity index is 2.60. The Bertz CT molecular complexity index is 448. The first-order chi connectivity index (χ1) is 7.91. The van der Waals surface area contributed by atoms with Crippen molar-refractivity contribution >= 4 is 10.1 Å². The third kappa shape index (κ3) is 4.12. The van der Waals surface area contributed by atoms with Gasteiger partial charge in [-0.2, -0.15) is 8.42 Å². The van der Waals surface area contributed by atoms with Crippen molar-refractivity contribution in [2.24, 2.45) is 15.6 Å². The first-order valence-electron chi connectivity index (χ1n) is 4.81. The molecule has 0 radical (unpaired) electrons. The van der Waals surface area contributed by atoms with E-state index < -0.39 is 21.6 Å². The van der Waals surface area contributed by atoms with E-state index in [4.69, 9.17) is 15.2 Å². The van der Waals surface area contributed by atoms with Crippen molar-refractivity contribution in [2.45, 2.75) is 18.9 Å². The molecule has 0 aromatic carbocycles. The molecule has 0 heterocycles. The third-order valence-electron chi connectivity index (χ3n) is 2.57. The van der Waals surface area contributed by atoms with E-state index >= 15 is 0 Å². The number of azide groups is 2. The van der Waals surface area contributed by atoms with Crippen LogP contribution in [0.3, 0.4) is 0 Å². The summed E-state index contributed by atoms with van der Waals surface area (Å²) < 4.78 is 26.6. The maximum absolute atomic E-state index is 10.9. The van der Waals surface area contributed by atoms with Crippen molar-refractivity contribution in [2.75, 3.05) is 19.3 Å². The predicted molar refractivity (Wildman–Crippen MR) is 59.4 cm³/mol. The van der Waals surface area contributed by atoms with Crippen LogP contribution < -0.4 is 0 Å². The third-order valence-corrected chi connectivity index (χ3v) is 3.19. The molecule has 94 valence electrons. The van der Waals surface area contributed by atoms with E-state index in [1.54, 1.807) is 0 Å². The molecule has 0 atom stereocenters. The predicted octanol–water partition coefficient (Wildman–Crippen LogP) is 1.73. The van der Waals surface area contributed by atoms with Crippen LogP contribution in [-0.2, 0) is 14.3 Å². The van der Waals surface area contributed by atoms with Crippen molar-refractivity contribution < 1.29 is 12.6 Å². The van der Waals surface area contributed by atoms with Crippen LogP contribution in [0, 0.1) is 5.41 Å². The van der Waals surface area contributed by atoms with Gasteiger partial charge < -0.3 is 0 Å². The van der Waals surface area contributed by atoms with Crippen LogP contribution in [0.15, 0.2) is 10.2 Å². The van der Waals surface area contributed by atoms with Gasteiger partial charge in [-0.05, 0) is 29.3 Å². The Morgan fingerprint density at radius 1 is 1.29 bits per heavy atom. The summed E-state index contributed by atoms with van der Waals surface area (Å²) >= 11 is 0. The fourth-order valence-corrected chi connectivity index (χ4v) is 2.52. The Morgan fingerprint density at radius 3 is 2.12 bits per heavy atom. The average molecular weight is 260 g/mol. The monoisotopic (exact) mass is 260 g/mol. The lowest BCUT2D eigenvalue weighted by Gasteiger charge is -2.45. The summed E-state index contributed by atoms with van der Waals surface area (Å²) in [4.78, 5) is 5.28. The first-order valence-corrected chi connectivity index (χ1v) is 6.62. The summed E-state index contributed by atoms with van der Waals surface area (Å²) in [6.07, 6.45) is 1.36. The van der Waals surface area contributed by atoms with Gasteiger partial charge in [0.25, 0.3) is 10.1 Å². The molecule has 0 aromatic rings. The maximum Gasteiger partial charge on any atom is 0.264 e. The topological polar surface area (TPSA) is 141 Å². The van der Waals surface area contributed by atoms with Gasteiger partial charge in [-0.1, -0.05) is 10.2 Å². The summed E-state index contributed by atoms with van der Waals surface area (Å²) in [6, 6.07) is 0. The second-order valence-corrected chi connectivity index (χ2v) is 5.71. The molecule has 0 aromatic heterocycles. The SMILES string of the molecule is CS(=O)(=O)OC1CC(CN=[N+]=[N-])(CN=[N+]=[N-])C1. The van der Waals surface area contributed by atoms with Crippen LogP contribution in [0.25, 0.3) is 20.9 Å².